The molecule has 0 saturated carbocycles. The number of nitrogens with one attached hydrogen (secondary N) is 1. The molecule has 2 unspecified atom stereocenters. The topological polar surface area (TPSA) is 58.6 Å². The van der Waals surface area contributed by atoms with Gasteiger partial charge in [-0.1, -0.05) is 41.9 Å². The van der Waals surface area contributed by atoms with Crippen LogP contribution in [0, 0.1) is 0 Å². The number of rotatable bonds is 3. The zero-order valence-electron chi connectivity index (χ0n) is 12.0. The maximum atomic E-state index is 12.6. The molecular weight excluding hydrogens is 302 g/mol. The third kappa shape index (κ3) is 2.56. The molecule has 0 fully saturated rings. The van der Waals surface area contributed by atoms with Crippen LogP contribution in [0.2, 0.25) is 5.02 Å². The van der Waals surface area contributed by atoms with E-state index in [1.54, 1.807) is 18.2 Å². The number of hydrogen-bond acceptors (Lipinski definition) is 3. The molecule has 2 atom stereocenters. The summed E-state index contributed by atoms with van der Waals surface area (Å²) in [6.07, 6.45) is -0.115. The maximum Gasteiger partial charge on any atom is 0.257 e. The highest BCUT2D eigenvalue weighted by Gasteiger charge is 2.32. The van der Waals surface area contributed by atoms with E-state index in [0.717, 1.165) is 11.1 Å². The maximum absolute atomic E-state index is 12.6. The van der Waals surface area contributed by atoms with Gasteiger partial charge in [-0.15, -0.1) is 0 Å². The summed E-state index contributed by atoms with van der Waals surface area (Å²) in [5.74, 6) is 0.0500. The molecule has 2 aromatic rings. The van der Waals surface area contributed by atoms with Gasteiger partial charge in [0.1, 0.15) is 5.75 Å². The van der Waals surface area contributed by atoms with Gasteiger partial charge in [-0.2, -0.15) is 0 Å². The van der Waals surface area contributed by atoms with Crippen LogP contribution in [-0.4, -0.2) is 24.2 Å². The van der Waals surface area contributed by atoms with E-state index in [0.29, 0.717) is 17.2 Å². The monoisotopic (exact) mass is 317 g/mol. The number of aliphatic hydroxyl groups excluding tert-OH is 1. The Hall–Kier alpha value is -2.04. The van der Waals surface area contributed by atoms with Crippen LogP contribution in [0.15, 0.2) is 42.5 Å². The van der Waals surface area contributed by atoms with Crippen molar-refractivity contribution >= 4 is 17.5 Å². The predicted octanol–water partition coefficient (Wildman–Crippen LogP) is 2.74. The number of halogens is 1. The van der Waals surface area contributed by atoms with Gasteiger partial charge < -0.3 is 15.2 Å². The van der Waals surface area contributed by atoms with Crippen LogP contribution in [0.25, 0.3) is 0 Å². The largest absolute Gasteiger partial charge is 0.496 e. The standard InChI is InChI=1S/C17H16ClNO3/c1-22-14-8-4-7-12(18)15(14)17(21)19-16-11-6-3-2-5-10(11)9-13(16)20/h2-8,13,16,20H,9H2,1H3,(H,19,21). The van der Waals surface area contributed by atoms with Crippen molar-refractivity contribution in [3.05, 3.63) is 64.2 Å². The first kappa shape index (κ1) is 14.9. The average molecular weight is 318 g/mol. The fourth-order valence-corrected chi connectivity index (χ4v) is 3.11. The number of carbonyl (C=O) groups is 1. The zero-order valence-corrected chi connectivity index (χ0v) is 12.8. The van der Waals surface area contributed by atoms with Crippen molar-refractivity contribution in [2.75, 3.05) is 7.11 Å². The Labute approximate surface area is 133 Å². The lowest BCUT2D eigenvalue weighted by molar-refractivity contribution is 0.0855. The van der Waals surface area contributed by atoms with Gasteiger partial charge in [0.05, 0.1) is 29.8 Å². The lowest BCUT2D eigenvalue weighted by atomic mass is 10.1. The van der Waals surface area contributed by atoms with E-state index in [4.69, 9.17) is 16.3 Å². The van der Waals surface area contributed by atoms with Gasteiger partial charge >= 0.3 is 0 Å². The highest BCUT2D eigenvalue weighted by atomic mass is 35.5. The second-order valence-corrected chi connectivity index (χ2v) is 5.65. The molecule has 22 heavy (non-hydrogen) atoms. The molecule has 2 N–H and O–H groups in total. The van der Waals surface area contributed by atoms with E-state index in [9.17, 15) is 9.90 Å². The van der Waals surface area contributed by atoms with Crippen molar-refractivity contribution in [1.82, 2.24) is 5.32 Å². The molecular formula is C17H16ClNO3. The molecule has 0 radical (unpaired) electrons. The molecule has 3 rings (SSSR count). The summed E-state index contributed by atoms with van der Waals surface area (Å²) in [6.45, 7) is 0. The Balaban J connectivity index is 1.90. The SMILES string of the molecule is COc1cccc(Cl)c1C(=O)NC1c2ccccc2CC1O. The van der Waals surface area contributed by atoms with Crippen LogP contribution in [0.5, 0.6) is 5.75 Å². The Kier molecular flexibility index (Phi) is 4.05. The van der Waals surface area contributed by atoms with Crippen LogP contribution in [0.4, 0.5) is 0 Å². The van der Waals surface area contributed by atoms with Gasteiger partial charge in [0.25, 0.3) is 5.91 Å². The highest BCUT2D eigenvalue weighted by Crippen LogP contribution is 2.33. The van der Waals surface area contributed by atoms with E-state index in [2.05, 4.69) is 5.32 Å². The zero-order chi connectivity index (χ0) is 15.7. The molecule has 5 heteroatoms. The van der Waals surface area contributed by atoms with Crippen LogP contribution in [-0.2, 0) is 6.42 Å². The van der Waals surface area contributed by atoms with Crippen molar-refractivity contribution in [3.8, 4) is 5.75 Å². The van der Waals surface area contributed by atoms with Crippen LogP contribution < -0.4 is 10.1 Å². The molecule has 0 saturated heterocycles. The fraction of sp³-hybridized carbons (Fsp3) is 0.235. The van der Waals surface area contributed by atoms with Gasteiger partial charge in [-0.05, 0) is 23.3 Å². The smallest absolute Gasteiger partial charge is 0.257 e. The van der Waals surface area contributed by atoms with Crippen molar-refractivity contribution in [2.24, 2.45) is 0 Å². The number of methoxy groups -OCH3 is 1. The first-order chi connectivity index (χ1) is 10.6. The van der Waals surface area contributed by atoms with Crippen LogP contribution >= 0.6 is 11.6 Å². The minimum Gasteiger partial charge on any atom is -0.496 e. The molecule has 0 heterocycles. The number of fused-ring (bicyclic) bond motifs is 1. The molecule has 4 nitrogen and oxygen atoms in total. The van der Waals surface area contributed by atoms with E-state index in [1.807, 2.05) is 24.3 Å². The molecule has 1 aliphatic carbocycles. The summed E-state index contributed by atoms with van der Waals surface area (Å²) in [5, 5.41) is 13.4. The lowest BCUT2D eigenvalue weighted by Crippen LogP contribution is -2.34. The summed E-state index contributed by atoms with van der Waals surface area (Å²) >= 11 is 6.12. The summed E-state index contributed by atoms with van der Waals surface area (Å²) in [5.41, 5.74) is 2.27. The fourth-order valence-electron chi connectivity index (χ4n) is 2.86. The van der Waals surface area contributed by atoms with Crippen molar-refractivity contribution in [1.29, 1.82) is 0 Å². The highest BCUT2D eigenvalue weighted by molar-refractivity contribution is 6.34. The summed E-state index contributed by atoms with van der Waals surface area (Å²) in [4.78, 5) is 12.6. The van der Waals surface area contributed by atoms with E-state index in [1.165, 1.54) is 7.11 Å². The van der Waals surface area contributed by atoms with Crippen molar-refractivity contribution in [2.45, 2.75) is 18.6 Å². The molecule has 1 aliphatic rings. The third-order valence-electron chi connectivity index (χ3n) is 3.91. The van der Waals surface area contributed by atoms with Gasteiger partial charge in [0.2, 0.25) is 0 Å². The number of carbonyl (C=O) groups excluding carboxylic acids is 1. The number of benzene rings is 2. The molecule has 0 aromatic heterocycles. The Morgan fingerprint density at radius 3 is 2.82 bits per heavy atom. The molecule has 0 spiro atoms. The first-order valence-electron chi connectivity index (χ1n) is 7.01. The minimum atomic E-state index is -0.644. The van der Waals surface area contributed by atoms with Gasteiger partial charge in [-0.25, -0.2) is 0 Å². The van der Waals surface area contributed by atoms with Gasteiger partial charge in [-0.3, -0.25) is 4.79 Å². The van der Waals surface area contributed by atoms with E-state index < -0.39 is 12.1 Å². The van der Waals surface area contributed by atoms with E-state index in [-0.39, 0.29) is 11.5 Å². The van der Waals surface area contributed by atoms with Gasteiger partial charge in [0, 0.05) is 6.42 Å². The molecule has 0 bridgehead atoms. The van der Waals surface area contributed by atoms with E-state index >= 15 is 0 Å². The normalized spacial score (nSPS) is 19.6. The average Bonchev–Trinajstić information content (AvgIpc) is 2.83. The number of aliphatic hydroxyl groups is 1. The first-order valence-corrected chi connectivity index (χ1v) is 7.39. The Morgan fingerprint density at radius 2 is 2.05 bits per heavy atom. The Bertz CT molecular complexity index is 717. The summed E-state index contributed by atoms with van der Waals surface area (Å²) in [7, 11) is 1.49. The van der Waals surface area contributed by atoms with Crippen LogP contribution in [0.3, 0.4) is 0 Å². The number of ether oxygens (including phenoxy) is 1. The predicted molar refractivity (Wildman–Crippen MR) is 84.4 cm³/mol. The lowest BCUT2D eigenvalue weighted by Gasteiger charge is -2.19. The van der Waals surface area contributed by atoms with Crippen LogP contribution in [0.1, 0.15) is 27.5 Å². The minimum absolute atomic E-state index is 0.281. The second kappa shape index (κ2) is 5.99. The Morgan fingerprint density at radius 1 is 1.27 bits per heavy atom. The van der Waals surface area contributed by atoms with Gasteiger partial charge in [0.15, 0.2) is 0 Å². The molecule has 0 aliphatic heterocycles. The molecule has 1 amide bonds. The molecule has 2 aromatic carbocycles. The number of amides is 1. The van der Waals surface area contributed by atoms with Crippen molar-refractivity contribution < 1.29 is 14.6 Å². The summed E-state index contributed by atoms with van der Waals surface area (Å²) in [6, 6.07) is 12.3. The third-order valence-corrected chi connectivity index (χ3v) is 4.23. The quantitative estimate of drug-likeness (QED) is 0.915. The second-order valence-electron chi connectivity index (χ2n) is 5.24. The molecule has 114 valence electrons. The van der Waals surface area contributed by atoms with Crippen molar-refractivity contribution in [3.63, 3.8) is 0 Å². The summed E-state index contributed by atoms with van der Waals surface area (Å²) < 4.78 is 5.20. The number of hydrogen-bond donors (Lipinski definition) is 2.